The van der Waals surface area contributed by atoms with Crippen molar-refractivity contribution in [1.29, 1.82) is 0 Å². The molecule has 2 heteroatoms. The molecule has 1 nitrogen and oxygen atoms in total. The average Bonchev–Trinajstić information content (AvgIpc) is 3.04. The van der Waals surface area contributed by atoms with E-state index in [1.54, 1.807) is 0 Å². The van der Waals surface area contributed by atoms with Crippen LogP contribution in [0.5, 0.6) is 0 Å². The summed E-state index contributed by atoms with van der Waals surface area (Å²) in [5, 5.41) is 4.38. The summed E-state index contributed by atoms with van der Waals surface area (Å²) in [6.45, 7) is 6.88. The van der Waals surface area contributed by atoms with Crippen molar-refractivity contribution >= 4 is 11.6 Å². The zero-order chi connectivity index (χ0) is 11.5. The van der Waals surface area contributed by atoms with E-state index in [0.717, 1.165) is 17.5 Å². The first-order valence-corrected chi connectivity index (χ1v) is 6.18. The Labute approximate surface area is 103 Å². The SMILES string of the molecule is C=C(C)CN[C@H](c1ccc(Cl)cc1)C1CC1. The Hall–Kier alpha value is -0.790. The van der Waals surface area contributed by atoms with Gasteiger partial charge in [0, 0.05) is 17.6 Å². The first-order chi connectivity index (χ1) is 7.66. The second kappa shape index (κ2) is 5.03. The minimum Gasteiger partial charge on any atom is -0.306 e. The number of rotatable bonds is 5. The molecule has 1 saturated carbocycles. The Bertz CT molecular complexity index is 365. The molecule has 1 N–H and O–H groups in total. The second-order valence-corrected chi connectivity index (χ2v) is 5.14. The van der Waals surface area contributed by atoms with Gasteiger partial charge in [-0.15, -0.1) is 0 Å². The Kier molecular flexibility index (Phi) is 3.67. The van der Waals surface area contributed by atoms with Crippen molar-refractivity contribution in [2.24, 2.45) is 5.92 Å². The van der Waals surface area contributed by atoms with E-state index in [9.17, 15) is 0 Å². The predicted octanol–water partition coefficient (Wildman–Crippen LogP) is 3.96. The van der Waals surface area contributed by atoms with E-state index in [0.29, 0.717) is 6.04 Å². The van der Waals surface area contributed by atoms with Gasteiger partial charge in [-0.05, 0) is 43.4 Å². The number of nitrogens with one attached hydrogen (secondary N) is 1. The van der Waals surface area contributed by atoms with Gasteiger partial charge in [-0.2, -0.15) is 0 Å². The molecule has 0 spiro atoms. The van der Waals surface area contributed by atoms with Gasteiger partial charge in [-0.3, -0.25) is 0 Å². The normalized spacial score (nSPS) is 17.1. The van der Waals surface area contributed by atoms with Crippen molar-refractivity contribution < 1.29 is 0 Å². The molecule has 1 fully saturated rings. The van der Waals surface area contributed by atoms with Gasteiger partial charge in [0.25, 0.3) is 0 Å². The molecule has 1 aromatic rings. The van der Waals surface area contributed by atoms with Crippen LogP contribution in [-0.2, 0) is 0 Å². The monoisotopic (exact) mass is 235 g/mol. The maximum Gasteiger partial charge on any atom is 0.0406 e. The van der Waals surface area contributed by atoms with Gasteiger partial charge in [0.2, 0.25) is 0 Å². The number of benzene rings is 1. The molecule has 1 aliphatic carbocycles. The van der Waals surface area contributed by atoms with Gasteiger partial charge < -0.3 is 5.32 Å². The summed E-state index contributed by atoms with van der Waals surface area (Å²) in [5.74, 6) is 0.792. The number of hydrogen-bond donors (Lipinski definition) is 1. The highest BCUT2D eigenvalue weighted by molar-refractivity contribution is 6.30. The quantitative estimate of drug-likeness (QED) is 0.762. The lowest BCUT2D eigenvalue weighted by atomic mass is 10.0. The van der Waals surface area contributed by atoms with Crippen LogP contribution in [0, 0.1) is 5.92 Å². The highest BCUT2D eigenvalue weighted by Gasteiger charge is 2.31. The molecule has 0 radical (unpaired) electrons. The summed E-state index contributed by atoms with van der Waals surface area (Å²) in [6, 6.07) is 8.64. The van der Waals surface area contributed by atoms with Crippen LogP contribution in [-0.4, -0.2) is 6.54 Å². The molecule has 2 rings (SSSR count). The molecule has 1 aliphatic rings. The van der Waals surface area contributed by atoms with E-state index in [1.165, 1.54) is 24.0 Å². The number of hydrogen-bond acceptors (Lipinski definition) is 1. The fourth-order valence-electron chi connectivity index (χ4n) is 1.94. The summed E-state index contributed by atoms with van der Waals surface area (Å²) < 4.78 is 0. The molecule has 0 bridgehead atoms. The first kappa shape index (κ1) is 11.7. The van der Waals surface area contributed by atoms with Crippen LogP contribution in [0.15, 0.2) is 36.4 Å². The molecule has 86 valence electrons. The Morgan fingerprint density at radius 1 is 1.44 bits per heavy atom. The van der Waals surface area contributed by atoms with E-state index in [2.05, 4.69) is 31.0 Å². The molecule has 0 saturated heterocycles. The molecule has 1 aromatic carbocycles. The largest absolute Gasteiger partial charge is 0.306 e. The summed E-state index contributed by atoms with van der Waals surface area (Å²) in [5.41, 5.74) is 2.52. The molecular formula is C14H18ClN. The van der Waals surface area contributed by atoms with Crippen LogP contribution in [0.4, 0.5) is 0 Å². The third-order valence-corrected chi connectivity index (χ3v) is 3.20. The highest BCUT2D eigenvalue weighted by Crippen LogP contribution is 2.41. The van der Waals surface area contributed by atoms with Crippen molar-refractivity contribution in [2.45, 2.75) is 25.8 Å². The van der Waals surface area contributed by atoms with E-state index < -0.39 is 0 Å². The number of halogens is 1. The summed E-state index contributed by atoms with van der Waals surface area (Å²) in [7, 11) is 0. The van der Waals surface area contributed by atoms with Crippen molar-refractivity contribution in [3.05, 3.63) is 47.0 Å². The highest BCUT2D eigenvalue weighted by atomic mass is 35.5. The minimum atomic E-state index is 0.467. The predicted molar refractivity (Wildman–Crippen MR) is 69.7 cm³/mol. The Balaban J connectivity index is 2.06. The fraction of sp³-hybridized carbons (Fsp3) is 0.429. The lowest BCUT2D eigenvalue weighted by Gasteiger charge is -2.19. The molecule has 0 heterocycles. The van der Waals surface area contributed by atoms with Crippen LogP contribution in [0.1, 0.15) is 31.4 Å². The lowest BCUT2D eigenvalue weighted by Crippen LogP contribution is -2.24. The third kappa shape index (κ3) is 3.10. The smallest absolute Gasteiger partial charge is 0.0406 e. The summed E-state index contributed by atoms with van der Waals surface area (Å²) >= 11 is 5.90. The van der Waals surface area contributed by atoms with Gasteiger partial charge in [0.1, 0.15) is 0 Å². The van der Waals surface area contributed by atoms with E-state index in [1.807, 2.05) is 12.1 Å². The van der Waals surface area contributed by atoms with Crippen molar-refractivity contribution in [2.75, 3.05) is 6.54 Å². The average molecular weight is 236 g/mol. The second-order valence-electron chi connectivity index (χ2n) is 4.70. The van der Waals surface area contributed by atoms with Crippen molar-refractivity contribution in [3.8, 4) is 0 Å². The van der Waals surface area contributed by atoms with Crippen LogP contribution in [0.3, 0.4) is 0 Å². The van der Waals surface area contributed by atoms with Gasteiger partial charge in [-0.1, -0.05) is 35.9 Å². The van der Waals surface area contributed by atoms with Crippen LogP contribution in [0.2, 0.25) is 5.02 Å². The van der Waals surface area contributed by atoms with Gasteiger partial charge in [-0.25, -0.2) is 0 Å². The van der Waals surface area contributed by atoms with Crippen molar-refractivity contribution in [1.82, 2.24) is 5.32 Å². The topological polar surface area (TPSA) is 12.0 Å². The van der Waals surface area contributed by atoms with E-state index >= 15 is 0 Å². The van der Waals surface area contributed by atoms with E-state index in [-0.39, 0.29) is 0 Å². The molecule has 0 aliphatic heterocycles. The van der Waals surface area contributed by atoms with Gasteiger partial charge in [0.15, 0.2) is 0 Å². The maximum atomic E-state index is 5.90. The maximum absolute atomic E-state index is 5.90. The first-order valence-electron chi connectivity index (χ1n) is 5.80. The Morgan fingerprint density at radius 2 is 2.06 bits per heavy atom. The summed E-state index contributed by atoms with van der Waals surface area (Å²) in [6.07, 6.45) is 2.66. The molecule has 1 atom stereocenters. The Morgan fingerprint density at radius 3 is 2.56 bits per heavy atom. The molecule has 0 aromatic heterocycles. The lowest BCUT2D eigenvalue weighted by molar-refractivity contribution is 0.502. The zero-order valence-corrected chi connectivity index (χ0v) is 10.4. The van der Waals surface area contributed by atoms with Crippen molar-refractivity contribution in [3.63, 3.8) is 0 Å². The van der Waals surface area contributed by atoms with Crippen LogP contribution >= 0.6 is 11.6 Å². The van der Waals surface area contributed by atoms with E-state index in [4.69, 9.17) is 11.6 Å². The molecule has 16 heavy (non-hydrogen) atoms. The molecule has 0 amide bonds. The third-order valence-electron chi connectivity index (χ3n) is 2.95. The van der Waals surface area contributed by atoms with Crippen LogP contribution in [0.25, 0.3) is 0 Å². The molecule has 0 unspecified atom stereocenters. The minimum absolute atomic E-state index is 0.467. The van der Waals surface area contributed by atoms with Gasteiger partial charge >= 0.3 is 0 Å². The standard InChI is InChI=1S/C14H18ClN/c1-10(2)9-16-14(11-3-4-11)12-5-7-13(15)8-6-12/h5-8,11,14,16H,1,3-4,9H2,2H3/t14-/m0/s1. The zero-order valence-electron chi connectivity index (χ0n) is 9.67. The van der Waals surface area contributed by atoms with Crippen LogP contribution < -0.4 is 5.32 Å². The molecular weight excluding hydrogens is 218 g/mol. The fourth-order valence-corrected chi connectivity index (χ4v) is 2.07. The van der Waals surface area contributed by atoms with Gasteiger partial charge in [0.05, 0.1) is 0 Å². The summed E-state index contributed by atoms with van der Waals surface area (Å²) in [4.78, 5) is 0.